The summed E-state index contributed by atoms with van der Waals surface area (Å²) in [7, 11) is 0. The van der Waals surface area contributed by atoms with Gasteiger partial charge in [0.05, 0.1) is 16.9 Å². The number of carbonyl (C=O) groups is 1. The molecule has 0 aliphatic carbocycles. The summed E-state index contributed by atoms with van der Waals surface area (Å²) in [5, 5.41) is 13.0. The topological polar surface area (TPSA) is 81.9 Å². The highest BCUT2D eigenvalue weighted by Gasteiger charge is 2.34. The van der Waals surface area contributed by atoms with Gasteiger partial charge in [-0.1, -0.05) is 12.1 Å². The Bertz CT molecular complexity index is 911. The van der Waals surface area contributed by atoms with Gasteiger partial charge in [-0.25, -0.2) is 4.68 Å². The number of ether oxygens (including phenoxy) is 1. The fourth-order valence-electron chi connectivity index (χ4n) is 2.29. The first-order chi connectivity index (χ1) is 12.8. The standard InChI is InChI=1S/C17H14F3N5O2/c1-11(16(26)22-15-5-3-2-4-14(15)17(18,19)20)27-13-8-6-12(7-9-13)25-10-21-23-24-25/h2-11H,1H3,(H,22,26)/t11-/m0/s1. The summed E-state index contributed by atoms with van der Waals surface area (Å²) in [6.45, 7) is 1.45. The van der Waals surface area contributed by atoms with Crippen LogP contribution < -0.4 is 10.1 Å². The molecule has 10 heteroatoms. The van der Waals surface area contributed by atoms with Crippen molar-refractivity contribution in [3.8, 4) is 11.4 Å². The molecule has 0 spiro atoms. The van der Waals surface area contributed by atoms with E-state index in [-0.39, 0.29) is 5.69 Å². The number of aromatic nitrogens is 4. The molecule has 27 heavy (non-hydrogen) atoms. The number of hydrogen-bond donors (Lipinski definition) is 1. The molecular formula is C17H14F3N5O2. The normalized spacial score (nSPS) is 12.4. The van der Waals surface area contributed by atoms with Crippen molar-refractivity contribution in [1.82, 2.24) is 20.2 Å². The number of nitrogens with one attached hydrogen (secondary N) is 1. The van der Waals surface area contributed by atoms with Crippen molar-refractivity contribution in [2.75, 3.05) is 5.32 Å². The van der Waals surface area contributed by atoms with Crippen LogP contribution in [0.4, 0.5) is 18.9 Å². The largest absolute Gasteiger partial charge is 0.481 e. The molecule has 140 valence electrons. The van der Waals surface area contributed by atoms with Crippen molar-refractivity contribution < 1.29 is 22.7 Å². The first-order valence-corrected chi connectivity index (χ1v) is 7.82. The van der Waals surface area contributed by atoms with Gasteiger partial charge in [-0.15, -0.1) is 5.10 Å². The molecule has 0 aliphatic rings. The van der Waals surface area contributed by atoms with E-state index in [0.717, 1.165) is 6.07 Å². The Balaban J connectivity index is 1.66. The maximum Gasteiger partial charge on any atom is 0.418 e. The number of amides is 1. The zero-order chi connectivity index (χ0) is 19.4. The Hall–Kier alpha value is -3.43. The lowest BCUT2D eigenvalue weighted by Crippen LogP contribution is -2.31. The average Bonchev–Trinajstić information content (AvgIpc) is 3.16. The number of alkyl halides is 3. The molecule has 1 heterocycles. The van der Waals surface area contributed by atoms with Crippen molar-refractivity contribution in [2.45, 2.75) is 19.2 Å². The number of tetrazole rings is 1. The van der Waals surface area contributed by atoms with E-state index >= 15 is 0 Å². The van der Waals surface area contributed by atoms with E-state index in [4.69, 9.17) is 4.74 Å². The van der Waals surface area contributed by atoms with Gasteiger partial charge in [-0.05, 0) is 53.7 Å². The highest BCUT2D eigenvalue weighted by Crippen LogP contribution is 2.34. The number of carbonyl (C=O) groups excluding carboxylic acids is 1. The van der Waals surface area contributed by atoms with Gasteiger partial charge in [0, 0.05) is 0 Å². The van der Waals surface area contributed by atoms with E-state index in [1.165, 1.54) is 36.1 Å². The lowest BCUT2D eigenvalue weighted by molar-refractivity contribution is -0.137. The molecule has 1 aromatic heterocycles. The van der Waals surface area contributed by atoms with Gasteiger partial charge in [0.25, 0.3) is 5.91 Å². The van der Waals surface area contributed by atoms with Crippen LogP contribution in [0.3, 0.4) is 0 Å². The fraction of sp³-hybridized carbons (Fsp3) is 0.176. The van der Waals surface area contributed by atoms with Gasteiger partial charge in [0.1, 0.15) is 12.1 Å². The zero-order valence-corrected chi connectivity index (χ0v) is 14.0. The number of rotatable bonds is 5. The minimum atomic E-state index is -4.57. The first kappa shape index (κ1) is 18.4. The SMILES string of the molecule is C[C@H](Oc1ccc(-n2cnnn2)cc1)C(=O)Nc1ccccc1C(F)(F)F. The smallest absolute Gasteiger partial charge is 0.418 e. The number of benzene rings is 2. The molecule has 1 atom stereocenters. The third kappa shape index (κ3) is 4.40. The molecule has 0 aliphatic heterocycles. The summed E-state index contributed by atoms with van der Waals surface area (Å²) in [6, 6.07) is 11.3. The number of nitrogens with zero attached hydrogens (tertiary/aromatic N) is 4. The van der Waals surface area contributed by atoms with Crippen LogP contribution in [0.15, 0.2) is 54.9 Å². The van der Waals surface area contributed by atoms with E-state index in [1.54, 1.807) is 24.3 Å². The average molecular weight is 377 g/mol. The monoisotopic (exact) mass is 377 g/mol. The molecule has 1 N–H and O–H groups in total. The van der Waals surface area contributed by atoms with Crippen molar-refractivity contribution in [3.63, 3.8) is 0 Å². The summed E-state index contributed by atoms with van der Waals surface area (Å²) in [4.78, 5) is 12.2. The second kappa shape index (κ2) is 7.44. The maximum atomic E-state index is 13.0. The molecule has 0 unspecified atom stereocenters. The molecular weight excluding hydrogens is 363 g/mol. The molecule has 3 aromatic rings. The number of halogens is 3. The number of para-hydroxylation sites is 1. The van der Waals surface area contributed by atoms with Crippen LogP contribution in [0.5, 0.6) is 5.75 Å². The van der Waals surface area contributed by atoms with Crippen LogP contribution in [-0.4, -0.2) is 32.2 Å². The maximum absolute atomic E-state index is 13.0. The predicted octanol–water partition coefficient (Wildman–Crippen LogP) is 3.09. The van der Waals surface area contributed by atoms with Gasteiger partial charge in [0.2, 0.25) is 0 Å². The van der Waals surface area contributed by atoms with Gasteiger partial charge < -0.3 is 10.1 Å². The highest BCUT2D eigenvalue weighted by molar-refractivity contribution is 5.94. The number of anilines is 1. The van der Waals surface area contributed by atoms with E-state index in [9.17, 15) is 18.0 Å². The van der Waals surface area contributed by atoms with Crippen LogP contribution in [-0.2, 0) is 11.0 Å². The van der Waals surface area contributed by atoms with Crippen LogP contribution in [0.1, 0.15) is 12.5 Å². The molecule has 0 saturated heterocycles. The summed E-state index contributed by atoms with van der Waals surface area (Å²) in [5.74, 6) is -0.324. The van der Waals surface area contributed by atoms with Gasteiger partial charge >= 0.3 is 6.18 Å². The van der Waals surface area contributed by atoms with Crippen molar-refractivity contribution >= 4 is 11.6 Å². The predicted molar refractivity (Wildman–Crippen MR) is 89.3 cm³/mol. The van der Waals surface area contributed by atoms with E-state index in [2.05, 4.69) is 20.8 Å². The molecule has 1 amide bonds. The summed E-state index contributed by atoms with van der Waals surface area (Å²) in [6.07, 6.45) is -4.16. The minimum Gasteiger partial charge on any atom is -0.481 e. The molecule has 0 saturated carbocycles. The Morgan fingerprint density at radius 2 is 1.85 bits per heavy atom. The third-order valence-electron chi connectivity index (χ3n) is 3.62. The van der Waals surface area contributed by atoms with E-state index < -0.39 is 23.8 Å². The second-order valence-corrected chi connectivity index (χ2v) is 5.54. The van der Waals surface area contributed by atoms with Gasteiger partial charge in [-0.2, -0.15) is 13.2 Å². The Morgan fingerprint density at radius 1 is 1.15 bits per heavy atom. The van der Waals surface area contributed by atoms with Crippen LogP contribution in [0.25, 0.3) is 5.69 Å². The second-order valence-electron chi connectivity index (χ2n) is 5.54. The summed E-state index contributed by atoms with van der Waals surface area (Å²) in [5.41, 5.74) is -0.556. The first-order valence-electron chi connectivity index (χ1n) is 7.82. The minimum absolute atomic E-state index is 0.320. The van der Waals surface area contributed by atoms with Crippen molar-refractivity contribution in [1.29, 1.82) is 0 Å². The van der Waals surface area contributed by atoms with Crippen molar-refractivity contribution in [3.05, 3.63) is 60.4 Å². The van der Waals surface area contributed by atoms with Crippen molar-refractivity contribution in [2.24, 2.45) is 0 Å². The van der Waals surface area contributed by atoms with E-state index in [0.29, 0.717) is 11.4 Å². The van der Waals surface area contributed by atoms with Crippen LogP contribution in [0.2, 0.25) is 0 Å². The zero-order valence-electron chi connectivity index (χ0n) is 14.0. The third-order valence-corrected chi connectivity index (χ3v) is 3.62. The Kier molecular flexibility index (Phi) is 5.06. The Labute approximate surface area is 151 Å². The van der Waals surface area contributed by atoms with E-state index in [1.807, 2.05) is 0 Å². The fourth-order valence-corrected chi connectivity index (χ4v) is 2.29. The molecule has 7 nitrogen and oxygen atoms in total. The molecule has 0 fully saturated rings. The Morgan fingerprint density at radius 3 is 2.48 bits per heavy atom. The van der Waals surface area contributed by atoms with Gasteiger partial charge in [0.15, 0.2) is 6.10 Å². The number of hydrogen-bond acceptors (Lipinski definition) is 5. The highest BCUT2D eigenvalue weighted by atomic mass is 19.4. The van der Waals surface area contributed by atoms with Crippen LogP contribution in [0, 0.1) is 0 Å². The van der Waals surface area contributed by atoms with Gasteiger partial charge in [-0.3, -0.25) is 4.79 Å². The van der Waals surface area contributed by atoms with Crippen LogP contribution >= 0.6 is 0 Å². The molecule has 2 aromatic carbocycles. The summed E-state index contributed by atoms with van der Waals surface area (Å²) >= 11 is 0. The molecule has 3 rings (SSSR count). The summed E-state index contributed by atoms with van der Waals surface area (Å²) < 4.78 is 45.9. The molecule has 0 bridgehead atoms. The quantitative estimate of drug-likeness (QED) is 0.739. The molecule has 0 radical (unpaired) electrons. The lowest BCUT2D eigenvalue weighted by atomic mass is 10.1. The lowest BCUT2D eigenvalue weighted by Gasteiger charge is -2.17.